The van der Waals surface area contributed by atoms with Gasteiger partial charge in [-0.05, 0) is 39.0 Å². The molecule has 0 spiro atoms. The van der Waals surface area contributed by atoms with Gasteiger partial charge in [0.2, 0.25) is 5.91 Å². The number of nitrogens with zero attached hydrogens (tertiary/aromatic N) is 5. The second-order valence-corrected chi connectivity index (χ2v) is 6.38. The molecule has 136 valence electrons. The first kappa shape index (κ1) is 16.8. The van der Waals surface area contributed by atoms with Crippen LogP contribution in [-0.4, -0.2) is 48.2 Å². The molecule has 0 aliphatic carbocycles. The number of carbonyl (C=O) groups excluding carboxylic acids is 3. The van der Waals surface area contributed by atoms with Crippen molar-refractivity contribution in [3.05, 3.63) is 52.8 Å². The number of carbonyl (C=O) groups is 3. The fraction of sp³-hybridized carbons (Fsp3) is 0.222. The van der Waals surface area contributed by atoms with Crippen molar-refractivity contribution in [1.29, 1.82) is 0 Å². The summed E-state index contributed by atoms with van der Waals surface area (Å²) in [5, 5.41) is 6.76. The third kappa shape index (κ3) is 2.64. The number of hydrogen-bond acceptors (Lipinski definition) is 6. The second-order valence-electron chi connectivity index (χ2n) is 6.38. The van der Waals surface area contributed by atoms with Gasteiger partial charge in [0.25, 0.3) is 23.5 Å². The van der Waals surface area contributed by atoms with Crippen LogP contribution < -0.4 is 5.32 Å². The van der Waals surface area contributed by atoms with Crippen molar-refractivity contribution in [3.63, 3.8) is 0 Å². The van der Waals surface area contributed by atoms with E-state index in [9.17, 15) is 14.4 Å². The SMILES string of the molecule is Cc1cc(C)n2nc(NC(=O)C(C)N3C(=O)c4ccccc4C3=O)nc2n1. The number of nitrogens with one attached hydrogen (secondary N) is 1. The molecule has 0 saturated heterocycles. The summed E-state index contributed by atoms with van der Waals surface area (Å²) in [7, 11) is 0. The van der Waals surface area contributed by atoms with Gasteiger partial charge in [0, 0.05) is 11.4 Å². The van der Waals surface area contributed by atoms with Gasteiger partial charge in [-0.3, -0.25) is 24.6 Å². The number of aryl methyl sites for hydroxylation is 2. The highest BCUT2D eigenvalue weighted by atomic mass is 16.2. The number of benzene rings is 1. The van der Waals surface area contributed by atoms with Gasteiger partial charge in [-0.1, -0.05) is 12.1 Å². The Balaban J connectivity index is 1.58. The molecule has 2 aromatic heterocycles. The topological polar surface area (TPSA) is 110 Å². The van der Waals surface area contributed by atoms with Crippen LogP contribution in [0.1, 0.15) is 39.0 Å². The van der Waals surface area contributed by atoms with E-state index in [1.54, 1.807) is 24.3 Å². The molecule has 1 atom stereocenters. The lowest BCUT2D eigenvalue weighted by Gasteiger charge is -2.20. The molecule has 4 rings (SSSR count). The smallest absolute Gasteiger partial charge is 0.262 e. The Kier molecular flexibility index (Phi) is 3.72. The number of amides is 3. The number of imide groups is 1. The van der Waals surface area contributed by atoms with Crippen LogP contribution in [0.5, 0.6) is 0 Å². The quantitative estimate of drug-likeness (QED) is 0.703. The van der Waals surface area contributed by atoms with E-state index < -0.39 is 23.8 Å². The second kappa shape index (κ2) is 5.97. The average molecular weight is 364 g/mol. The van der Waals surface area contributed by atoms with E-state index in [0.29, 0.717) is 16.9 Å². The van der Waals surface area contributed by atoms with Gasteiger partial charge in [0.15, 0.2) is 0 Å². The van der Waals surface area contributed by atoms with Crippen LogP contribution in [0.3, 0.4) is 0 Å². The summed E-state index contributed by atoms with van der Waals surface area (Å²) in [6.45, 7) is 5.17. The number of anilines is 1. The predicted molar refractivity (Wildman–Crippen MR) is 95.3 cm³/mol. The Morgan fingerprint density at radius 1 is 1.07 bits per heavy atom. The Labute approximate surface area is 154 Å². The number of fused-ring (bicyclic) bond motifs is 2. The van der Waals surface area contributed by atoms with Gasteiger partial charge >= 0.3 is 0 Å². The summed E-state index contributed by atoms with van der Waals surface area (Å²) in [4.78, 5) is 47.0. The van der Waals surface area contributed by atoms with Crippen LogP contribution >= 0.6 is 0 Å². The Morgan fingerprint density at radius 3 is 2.33 bits per heavy atom. The molecule has 1 aliphatic rings. The summed E-state index contributed by atoms with van der Waals surface area (Å²) in [5.74, 6) is -1.13. The molecule has 9 heteroatoms. The maximum atomic E-state index is 12.6. The molecule has 0 saturated carbocycles. The number of hydrogen-bond donors (Lipinski definition) is 1. The highest BCUT2D eigenvalue weighted by Gasteiger charge is 2.40. The summed E-state index contributed by atoms with van der Waals surface area (Å²) in [5.41, 5.74) is 2.19. The minimum Gasteiger partial charge on any atom is -0.291 e. The summed E-state index contributed by atoms with van der Waals surface area (Å²) in [6.07, 6.45) is 0. The molecular formula is C18H16N6O3. The van der Waals surface area contributed by atoms with Gasteiger partial charge in [0.1, 0.15) is 6.04 Å². The molecule has 3 heterocycles. The molecule has 3 amide bonds. The molecule has 27 heavy (non-hydrogen) atoms. The first-order valence-corrected chi connectivity index (χ1v) is 8.35. The zero-order valence-electron chi connectivity index (χ0n) is 14.9. The third-order valence-electron chi connectivity index (χ3n) is 4.45. The maximum Gasteiger partial charge on any atom is 0.262 e. The predicted octanol–water partition coefficient (Wildman–Crippen LogP) is 1.36. The minimum atomic E-state index is -1.01. The molecule has 1 aromatic carbocycles. The monoisotopic (exact) mass is 364 g/mol. The Hall–Kier alpha value is -3.62. The van der Waals surface area contributed by atoms with Gasteiger partial charge < -0.3 is 0 Å². The van der Waals surface area contributed by atoms with Gasteiger partial charge in [-0.25, -0.2) is 4.98 Å². The lowest BCUT2D eigenvalue weighted by Crippen LogP contribution is -2.45. The lowest BCUT2D eigenvalue weighted by molar-refractivity contribution is -0.119. The van der Waals surface area contributed by atoms with Gasteiger partial charge in [-0.2, -0.15) is 9.50 Å². The summed E-state index contributed by atoms with van der Waals surface area (Å²) < 4.78 is 1.51. The van der Waals surface area contributed by atoms with E-state index in [1.807, 2.05) is 19.9 Å². The highest BCUT2D eigenvalue weighted by molar-refractivity contribution is 6.23. The maximum absolute atomic E-state index is 12.6. The van der Waals surface area contributed by atoms with Crippen LogP contribution in [0.2, 0.25) is 0 Å². The van der Waals surface area contributed by atoms with Crippen LogP contribution in [-0.2, 0) is 4.79 Å². The number of rotatable bonds is 3. The van der Waals surface area contributed by atoms with Crippen LogP contribution in [0.25, 0.3) is 5.78 Å². The third-order valence-corrected chi connectivity index (χ3v) is 4.45. The first-order chi connectivity index (χ1) is 12.9. The van der Waals surface area contributed by atoms with E-state index >= 15 is 0 Å². The molecule has 0 bridgehead atoms. The van der Waals surface area contributed by atoms with E-state index in [0.717, 1.165) is 16.3 Å². The van der Waals surface area contributed by atoms with Crippen molar-refractivity contribution in [2.45, 2.75) is 26.8 Å². The average Bonchev–Trinajstić information content (AvgIpc) is 3.14. The molecule has 1 N–H and O–H groups in total. The molecule has 0 fully saturated rings. The number of aromatic nitrogens is 4. The molecule has 0 radical (unpaired) electrons. The fourth-order valence-corrected chi connectivity index (χ4v) is 3.11. The normalized spacial score (nSPS) is 14.6. The van der Waals surface area contributed by atoms with Crippen molar-refractivity contribution < 1.29 is 14.4 Å². The van der Waals surface area contributed by atoms with Crippen molar-refractivity contribution in [2.24, 2.45) is 0 Å². The first-order valence-electron chi connectivity index (χ1n) is 8.35. The Morgan fingerprint density at radius 2 is 1.70 bits per heavy atom. The van der Waals surface area contributed by atoms with Crippen molar-refractivity contribution in [3.8, 4) is 0 Å². The fourth-order valence-electron chi connectivity index (χ4n) is 3.11. The minimum absolute atomic E-state index is 0.0599. The van der Waals surface area contributed by atoms with E-state index in [2.05, 4.69) is 20.4 Å². The summed E-state index contributed by atoms with van der Waals surface area (Å²) >= 11 is 0. The molecule has 1 unspecified atom stereocenters. The largest absolute Gasteiger partial charge is 0.291 e. The molecule has 3 aromatic rings. The van der Waals surface area contributed by atoms with Gasteiger partial charge in [0.05, 0.1) is 11.1 Å². The zero-order chi connectivity index (χ0) is 19.3. The molecular weight excluding hydrogens is 348 g/mol. The zero-order valence-corrected chi connectivity index (χ0v) is 14.9. The standard InChI is InChI=1S/C18H16N6O3/c1-9-8-10(2)24-18(19-9)21-17(22-24)20-14(25)11(3)23-15(26)12-6-4-5-7-13(12)16(23)27/h4-8,11H,1-3H3,(H,20,22,25). The van der Waals surface area contributed by atoms with Crippen molar-refractivity contribution >= 4 is 29.4 Å². The van der Waals surface area contributed by atoms with Crippen LogP contribution in [0, 0.1) is 13.8 Å². The van der Waals surface area contributed by atoms with E-state index in [1.165, 1.54) is 11.4 Å². The van der Waals surface area contributed by atoms with Crippen molar-refractivity contribution in [2.75, 3.05) is 5.32 Å². The Bertz CT molecular complexity index is 1080. The van der Waals surface area contributed by atoms with Gasteiger partial charge in [-0.15, -0.1) is 5.10 Å². The molecule has 1 aliphatic heterocycles. The van der Waals surface area contributed by atoms with Crippen molar-refractivity contribution in [1.82, 2.24) is 24.5 Å². The van der Waals surface area contributed by atoms with Crippen LogP contribution in [0.15, 0.2) is 30.3 Å². The lowest BCUT2D eigenvalue weighted by atomic mass is 10.1. The van der Waals surface area contributed by atoms with E-state index in [-0.39, 0.29) is 5.95 Å². The van der Waals surface area contributed by atoms with E-state index in [4.69, 9.17) is 0 Å². The van der Waals surface area contributed by atoms with Crippen LogP contribution in [0.4, 0.5) is 5.95 Å². The summed E-state index contributed by atoms with van der Waals surface area (Å²) in [6, 6.07) is 7.32. The molecule has 9 nitrogen and oxygen atoms in total. The highest BCUT2D eigenvalue weighted by Crippen LogP contribution is 2.24.